The van der Waals surface area contributed by atoms with Gasteiger partial charge in [0.25, 0.3) is 0 Å². The van der Waals surface area contributed by atoms with Gasteiger partial charge in [-0.1, -0.05) is 36.4 Å². The van der Waals surface area contributed by atoms with E-state index in [4.69, 9.17) is 9.79 Å². The van der Waals surface area contributed by atoms with Gasteiger partial charge in [0, 0.05) is 34.5 Å². The molecule has 2 N–H and O–H groups in total. The lowest BCUT2D eigenvalue weighted by atomic mass is 10.2. The Morgan fingerprint density at radius 1 is 0.833 bits per heavy atom. The zero-order chi connectivity index (χ0) is 12.5. The normalized spacial score (nSPS) is 11.7. The fourth-order valence-corrected chi connectivity index (χ4v) is 2.81. The minimum Gasteiger partial charge on any atom is -0.350 e. The largest absolute Gasteiger partial charge is 0.350 e. The highest BCUT2D eigenvalue weighted by molar-refractivity contribution is 7.45. The van der Waals surface area contributed by atoms with Crippen LogP contribution in [-0.2, 0) is 6.54 Å². The highest BCUT2D eigenvalue weighted by Gasteiger charge is 2.10. The summed E-state index contributed by atoms with van der Waals surface area (Å²) in [6.45, 7) is 0.632. The summed E-state index contributed by atoms with van der Waals surface area (Å²) in [6, 6.07) is 16.5. The molecule has 0 bridgehead atoms. The lowest BCUT2D eigenvalue weighted by Crippen LogP contribution is -2.00. The summed E-state index contributed by atoms with van der Waals surface area (Å²) in [4.78, 5) is 18.2. The maximum absolute atomic E-state index is 9.10. The first kappa shape index (κ1) is 11.7. The van der Waals surface area contributed by atoms with Crippen molar-refractivity contribution in [3.8, 4) is 0 Å². The Hall–Kier alpha value is -1.41. The Morgan fingerprint density at radius 2 is 1.33 bits per heavy atom. The monoisotopic (exact) mass is 259 g/mol. The van der Waals surface area contributed by atoms with E-state index in [1.54, 1.807) is 0 Å². The molecule has 0 radical (unpaired) electrons. The second-order valence-electron chi connectivity index (χ2n) is 4.28. The lowest BCUT2D eigenvalue weighted by Gasteiger charge is -2.07. The molecule has 0 saturated heterocycles. The number of fused-ring (bicyclic) bond motifs is 3. The number of benzene rings is 2. The molecule has 2 aromatic carbocycles. The number of rotatable bonds is 3. The zero-order valence-electron chi connectivity index (χ0n) is 9.82. The second kappa shape index (κ2) is 4.69. The Balaban J connectivity index is 2.24. The van der Waals surface area contributed by atoms with Crippen molar-refractivity contribution in [2.75, 3.05) is 6.16 Å². The molecule has 0 amide bonds. The number of para-hydroxylation sites is 2. The number of nitrogens with zero attached hydrogens (tertiary/aromatic N) is 1. The first-order valence-corrected chi connectivity index (χ1v) is 7.32. The van der Waals surface area contributed by atoms with E-state index in [-0.39, 0.29) is 0 Å². The number of hydrogen-bond acceptors (Lipinski definition) is 2. The van der Waals surface area contributed by atoms with Crippen LogP contribution in [0.2, 0.25) is 0 Å². The molecule has 92 valence electrons. The van der Waals surface area contributed by atoms with Gasteiger partial charge in [-0.25, -0.2) is 0 Å². The van der Waals surface area contributed by atoms with Gasteiger partial charge in [-0.3, -0.25) is 0 Å². The molecule has 0 aliphatic heterocycles. The number of aromatic nitrogens is 1. The van der Waals surface area contributed by atoms with E-state index >= 15 is 0 Å². The summed E-state index contributed by atoms with van der Waals surface area (Å²) < 4.78 is 2.16. The molecule has 0 aliphatic carbocycles. The second-order valence-corrected chi connectivity index (χ2v) is 5.47. The molecule has 3 aromatic rings. The predicted octanol–water partition coefficient (Wildman–Crippen LogP) is 3.09. The van der Waals surface area contributed by atoms with Crippen molar-refractivity contribution in [3.05, 3.63) is 48.5 Å². The molecule has 0 fully saturated rings. The third kappa shape index (κ3) is 1.91. The molecular formula is C14H14NO2P. The predicted molar refractivity (Wildman–Crippen MR) is 75.7 cm³/mol. The van der Waals surface area contributed by atoms with Crippen LogP contribution in [0.25, 0.3) is 21.8 Å². The summed E-state index contributed by atoms with van der Waals surface area (Å²) in [6.07, 6.45) is 0.401. The zero-order valence-corrected chi connectivity index (χ0v) is 10.7. The summed E-state index contributed by atoms with van der Waals surface area (Å²) in [5.74, 6) is 0. The van der Waals surface area contributed by atoms with Crippen LogP contribution in [0.4, 0.5) is 0 Å². The first-order chi connectivity index (χ1) is 8.77. The molecule has 0 unspecified atom stereocenters. The topological polar surface area (TPSA) is 45.4 Å². The van der Waals surface area contributed by atoms with E-state index in [1.165, 1.54) is 10.8 Å². The van der Waals surface area contributed by atoms with E-state index in [0.717, 1.165) is 11.0 Å². The van der Waals surface area contributed by atoms with Crippen molar-refractivity contribution < 1.29 is 9.79 Å². The van der Waals surface area contributed by atoms with E-state index in [2.05, 4.69) is 28.8 Å². The molecule has 0 atom stereocenters. The van der Waals surface area contributed by atoms with Crippen LogP contribution in [0.5, 0.6) is 0 Å². The van der Waals surface area contributed by atoms with Crippen molar-refractivity contribution >= 4 is 30.2 Å². The van der Waals surface area contributed by atoms with Crippen molar-refractivity contribution in [1.29, 1.82) is 0 Å². The van der Waals surface area contributed by atoms with Gasteiger partial charge < -0.3 is 14.4 Å². The summed E-state index contributed by atoms with van der Waals surface area (Å²) >= 11 is 0. The van der Waals surface area contributed by atoms with Crippen LogP contribution in [0, 0.1) is 0 Å². The highest BCUT2D eigenvalue weighted by Crippen LogP contribution is 2.30. The molecule has 0 spiro atoms. The summed E-state index contributed by atoms with van der Waals surface area (Å²) in [5, 5.41) is 2.43. The fourth-order valence-electron chi connectivity index (χ4n) is 2.43. The highest BCUT2D eigenvalue weighted by atomic mass is 31.2. The first-order valence-electron chi connectivity index (χ1n) is 5.88. The maximum Gasteiger partial charge on any atom is 0.166 e. The third-order valence-corrected chi connectivity index (χ3v) is 3.80. The Kier molecular flexibility index (Phi) is 3.04. The quantitative estimate of drug-likeness (QED) is 0.710. The van der Waals surface area contributed by atoms with Gasteiger partial charge in [0.15, 0.2) is 8.38 Å². The van der Waals surface area contributed by atoms with Gasteiger partial charge in [-0.05, 0) is 12.1 Å². The van der Waals surface area contributed by atoms with E-state index < -0.39 is 8.38 Å². The minimum atomic E-state index is -1.84. The van der Waals surface area contributed by atoms with Gasteiger partial charge >= 0.3 is 0 Å². The standard InChI is InChI=1S/C14H14NO2P/c16-18(17)10-9-15-13-7-3-1-5-11(13)12-6-2-4-8-14(12)15/h1-8,16-17H,9-10H2. The third-order valence-electron chi connectivity index (χ3n) is 3.20. The van der Waals surface area contributed by atoms with Crippen molar-refractivity contribution in [2.24, 2.45) is 0 Å². The van der Waals surface area contributed by atoms with Gasteiger partial charge in [-0.15, -0.1) is 0 Å². The summed E-state index contributed by atoms with van der Waals surface area (Å²) in [7, 11) is -1.84. The maximum atomic E-state index is 9.10. The van der Waals surface area contributed by atoms with Gasteiger partial charge in [0.1, 0.15) is 0 Å². The molecule has 1 heterocycles. The molecular weight excluding hydrogens is 245 g/mol. The van der Waals surface area contributed by atoms with Gasteiger partial charge in [0.05, 0.1) is 0 Å². The molecule has 0 saturated carbocycles. The van der Waals surface area contributed by atoms with Gasteiger partial charge in [0.2, 0.25) is 0 Å². The van der Waals surface area contributed by atoms with E-state index in [9.17, 15) is 0 Å². The molecule has 3 nitrogen and oxygen atoms in total. The minimum absolute atomic E-state index is 0.401. The van der Waals surface area contributed by atoms with Crippen LogP contribution in [0.1, 0.15) is 0 Å². The Morgan fingerprint density at radius 3 is 1.83 bits per heavy atom. The van der Waals surface area contributed by atoms with Crippen LogP contribution in [0.15, 0.2) is 48.5 Å². The van der Waals surface area contributed by atoms with Crippen molar-refractivity contribution in [1.82, 2.24) is 4.57 Å². The van der Waals surface area contributed by atoms with Crippen molar-refractivity contribution in [3.63, 3.8) is 0 Å². The summed E-state index contributed by atoms with van der Waals surface area (Å²) in [5.41, 5.74) is 2.30. The fraction of sp³-hybridized carbons (Fsp3) is 0.143. The molecule has 3 rings (SSSR count). The smallest absolute Gasteiger partial charge is 0.166 e. The Labute approximate surface area is 106 Å². The number of hydrogen-bond donors (Lipinski definition) is 2. The van der Waals surface area contributed by atoms with Crippen LogP contribution in [-0.4, -0.2) is 20.5 Å². The van der Waals surface area contributed by atoms with Crippen molar-refractivity contribution in [2.45, 2.75) is 6.54 Å². The molecule has 1 aromatic heterocycles. The van der Waals surface area contributed by atoms with Crippen LogP contribution in [0.3, 0.4) is 0 Å². The molecule has 4 heteroatoms. The molecule has 18 heavy (non-hydrogen) atoms. The average Bonchev–Trinajstić information content (AvgIpc) is 2.71. The van der Waals surface area contributed by atoms with E-state index in [1.807, 2.05) is 24.3 Å². The van der Waals surface area contributed by atoms with Crippen LogP contribution < -0.4 is 0 Å². The lowest BCUT2D eigenvalue weighted by molar-refractivity contribution is 0.478. The average molecular weight is 259 g/mol. The SMILES string of the molecule is OP(O)CCn1c2ccccc2c2ccccc21. The Bertz CT molecular complexity index is 637. The van der Waals surface area contributed by atoms with Gasteiger partial charge in [-0.2, -0.15) is 0 Å². The van der Waals surface area contributed by atoms with Crippen LogP contribution >= 0.6 is 8.38 Å². The van der Waals surface area contributed by atoms with E-state index in [0.29, 0.717) is 12.7 Å². The number of aryl methyl sites for hydroxylation is 1. The molecule has 0 aliphatic rings.